The normalized spacial score (nSPS) is 24.6. The average molecular weight is 237 g/mol. The van der Waals surface area contributed by atoms with Crippen LogP contribution < -0.4 is 0 Å². The molecule has 94 valence electrons. The van der Waals surface area contributed by atoms with Crippen LogP contribution in [0.25, 0.3) is 0 Å². The topological polar surface area (TPSA) is 53.7 Å². The van der Waals surface area contributed by atoms with E-state index in [4.69, 9.17) is 4.42 Å². The summed E-state index contributed by atoms with van der Waals surface area (Å²) in [6.07, 6.45) is 4.67. The molecular weight excluding hydrogens is 218 g/mol. The number of carbonyl (C=O) groups is 1. The van der Waals surface area contributed by atoms with E-state index in [-0.39, 0.29) is 18.1 Å². The summed E-state index contributed by atoms with van der Waals surface area (Å²) in [7, 11) is 1.83. The smallest absolute Gasteiger partial charge is 0.257 e. The molecular formula is C13H19NO3. The van der Waals surface area contributed by atoms with E-state index in [1.54, 1.807) is 24.2 Å². The minimum absolute atomic E-state index is 0.0117. The second kappa shape index (κ2) is 4.92. The van der Waals surface area contributed by atoms with Gasteiger partial charge in [0.2, 0.25) is 0 Å². The predicted octanol–water partition coefficient (Wildman–Crippen LogP) is 1.96. The lowest BCUT2D eigenvalue weighted by molar-refractivity contribution is 0.0568. The Balaban J connectivity index is 2.03. The van der Waals surface area contributed by atoms with E-state index in [0.717, 1.165) is 25.7 Å². The zero-order valence-corrected chi connectivity index (χ0v) is 10.3. The van der Waals surface area contributed by atoms with E-state index in [0.29, 0.717) is 11.3 Å². The fraction of sp³-hybridized carbons (Fsp3) is 0.615. The highest BCUT2D eigenvalue weighted by Crippen LogP contribution is 2.24. The number of carbonyl (C=O) groups excluding carboxylic acids is 1. The molecule has 4 heteroatoms. The molecule has 0 spiro atoms. The summed E-state index contributed by atoms with van der Waals surface area (Å²) in [6, 6.07) is 1.95. The third-order valence-electron chi connectivity index (χ3n) is 3.62. The van der Waals surface area contributed by atoms with Gasteiger partial charge in [-0.1, -0.05) is 0 Å². The Hall–Kier alpha value is -1.29. The number of aliphatic hydroxyl groups excluding tert-OH is 1. The Morgan fingerprint density at radius 2 is 2.06 bits per heavy atom. The number of hydrogen-bond donors (Lipinski definition) is 1. The molecule has 1 aliphatic carbocycles. The standard InChI is InChI=1S/C13H19NO3/c1-9-12(7-8-17-9)13(16)14(2)10-3-5-11(15)6-4-10/h7-8,10-11,15H,3-6H2,1-2H3. The van der Waals surface area contributed by atoms with E-state index in [1.807, 2.05) is 7.05 Å². The van der Waals surface area contributed by atoms with Gasteiger partial charge in [0.25, 0.3) is 5.91 Å². The van der Waals surface area contributed by atoms with Crippen molar-refractivity contribution in [2.24, 2.45) is 0 Å². The summed E-state index contributed by atoms with van der Waals surface area (Å²) in [5, 5.41) is 9.46. The van der Waals surface area contributed by atoms with Gasteiger partial charge in [-0.3, -0.25) is 4.79 Å². The number of nitrogens with zero attached hydrogens (tertiary/aromatic N) is 1. The fourth-order valence-electron chi connectivity index (χ4n) is 2.41. The van der Waals surface area contributed by atoms with Crippen molar-refractivity contribution in [2.45, 2.75) is 44.8 Å². The molecule has 1 aromatic rings. The average Bonchev–Trinajstić information content (AvgIpc) is 2.74. The minimum Gasteiger partial charge on any atom is -0.469 e. The van der Waals surface area contributed by atoms with Gasteiger partial charge in [-0.15, -0.1) is 0 Å². The molecule has 1 aromatic heterocycles. The summed E-state index contributed by atoms with van der Waals surface area (Å²) in [4.78, 5) is 14.0. The van der Waals surface area contributed by atoms with Gasteiger partial charge in [-0.2, -0.15) is 0 Å². The number of aryl methyl sites for hydroxylation is 1. The van der Waals surface area contributed by atoms with Crippen molar-refractivity contribution in [1.29, 1.82) is 0 Å². The number of rotatable bonds is 2. The Kier molecular flexibility index (Phi) is 3.52. The molecule has 0 aliphatic heterocycles. The lowest BCUT2D eigenvalue weighted by Crippen LogP contribution is -2.40. The maximum Gasteiger partial charge on any atom is 0.257 e. The van der Waals surface area contributed by atoms with Gasteiger partial charge >= 0.3 is 0 Å². The molecule has 0 atom stereocenters. The summed E-state index contributed by atoms with van der Waals surface area (Å²) in [5.41, 5.74) is 0.638. The number of aliphatic hydroxyl groups is 1. The van der Waals surface area contributed by atoms with Crippen molar-refractivity contribution >= 4 is 5.91 Å². The van der Waals surface area contributed by atoms with Crippen LogP contribution in [0.1, 0.15) is 41.8 Å². The van der Waals surface area contributed by atoms with E-state index in [2.05, 4.69) is 0 Å². The minimum atomic E-state index is -0.189. The molecule has 0 saturated heterocycles. The molecule has 0 aromatic carbocycles. The molecule has 0 radical (unpaired) electrons. The first-order valence-electron chi connectivity index (χ1n) is 6.09. The third-order valence-corrected chi connectivity index (χ3v) is 3.62. The van der Waals surface area contributed by atoms with E-state index < -0.39 is 0 Å². The maximum atomic E-state index is 12.2. The van der Waals surface area contributed by atoms with Gasteiger partial charge in [-0.05, 0) is 38.7 Å². The first-order valence-corrected chi connectivity index (χ1v) is 6.09. The molecule has 1 heterocycles. The molecule has 1 N–H and O–H groups in total. The van der Waals surface area contributed by atoms with Gasteiger partial charge in [0.05, 0.1) is 17.9 Å². The Bertz CT molecular complexity index is 391. The summed E-state index contributed by atoms with van der Waals surface area (Å²) < 4.78 is 5.15. The van der Waals surface area contributed by atoms with E-state index in [9.17, 15) is 9.90 Å². The van der Waals surface area contributed by atoms with Crippen molar-refractivity contribution in [1.82, 2.24) is 4.90 Å². The Morgan fingerprint density at radius 1 is 1.41 bits per heavy atom. The highest BCUT2D eigenvalue weighted by molar-refractivity contribution is 5.95. The second-order valence-corrected chi connectivity index (χ2v) is 4.77. The fourth-order valence-corrected chi connectivity index (χ4v) is 2.41. The quantitative estimate of drug-likeness (QED) is 0.855. The SMILES string of the molecule is Cc1occc1C(=O)N(C)C1CCC(O)CC1. The van der Waals surface area contributed by atoms with Crippen LogP contribution in [0.4, 0.5) is 0 Å². The molecule has 4 nitrogen and oxygen atoms in total. The molecule has 17 heavy (non-hydrogen) atoms. The number of amides is 1. The third kappa shape index (κ3) is 2.52. The van der Waals surface area contributed by atoms with Crippen LogP contribution in [-0.2, 0) is 0 Å². The number of hydrogen-bond acceptors (Lipinski definition) is 3. The molecule has 2 rings (SSSR count). The van der Waals surface area contributed by atoms with Crippen LogP contribution in [0.2, 0.25) is 0 Å². The molecule has 0 bridgehead atoms. The first kappa shape index (κ1) is 12.2. The predicted molar refractivity (Wildman–Crippen MR) is 63.8 cm³/mol. The molecule has 1 fully saturated rings. The lowest BCUT2D eigenvalue weighted by atomic mass is 9.92. The zero-order chi connectivity index (χ0) is 12.4. The Morgan fingerprint density at radius 3 is 2.59 bits per heavy atom. The van der Waals surface area contributed by atoms with Gasteiger partial charge in [0.15, 0.2) is 0 Å². The zero-order valence-electron chi connectivity index (χ0n) is 10.3. The maximum absolute atomic E-state index is 12.2. The highest BCUT2D eigenvalue weighted by atomic mass is 16.3. The van der Waals surface area contributed by atoms with E-state index in [1.165, 1.54) is 0 Å². The van der Waals surface area contributed by atoms with Crippen LogP contribution in [-0.4, -0.2) is 35.1 Å². The first-order chi connectivity index (χ1) is 8.09. The summed E-state index contributed by atoms with van der Waals surface area (Å²) in [5.74, 6) is 0.676. The lowest BCUT2D eigenvalue weighted by Gasteiger charge is -2.33. The van der Waals surface area contributed by atoms with Crippen molar-refractivity contribution < 1.29 is 14.3 Å². The van der Waals surface area contributed by atoms with Crippen molar-refractivity contribution in [3.63, 3.8) is 0 Å². The van der Waals surface area contributed by atoms with Crippen LogP contribution in [0.3, 0.4) is 0 Å². The van der Waals surface area contributed by atoms with Crippen LogP contribution in [0.5, 0.6) is 0 Å². The Labute approximate surface area is 101 Å². The highest BCUT2D eigenvalue weighted by Gasteiger charge is 2.27. The monoisotopic (exact) mass is 237 g/mol. The van der Waals surface area contributed by atoms with Gasteiger partial charge in [0.1, 0.15) is 5.76 Å². The number of furan rings is 1. The van der Waals surface area contributed by atoms with Gasteiger partial charge < -0.3 is 14.4 Å². The molecule has 1 saturated carbocycles. The summed E-state index contributed by atoms with van der Waals surface area (Å²) in [6.45, 7) is 1.80. The molecule has 0 unspecified atom stereocenters. The van der Waals surface area contributed by atoms with Crippen molar-refractivity contribution in [2.75, 3.05) is 7.05 Å². The van der Waals surface area contributed by atoms with Crippen LogP contribution in [0, 0.1) is 6.92 Å². The van der Waals surface area contributed by atoms with Gasteiger partial charge in [0, 0.05) is 13.1 Å². The van der Waals surface area contributed by atoms with E-state index >= 15 is 0 Å². The molecule has 1 amide bonds. The molecule has 1 aliphatic rings. The second-order valence-electron chi connectivity index (χ2n) is 4.77. The van der Waals surface area contributed by atoms with Crippen LogP contribution >= 0.6 is 0 Å². The van der Waals surface area contributed by atoms with Crippen LogP contribution in [0.15, 0.2) is 16.7 Å². The summed E-state index contributed by atoms with van der Waals surface area (Å²) >= 11 is 0. The van der Waals surface area contributed by atoms with Crippen molar-refractivity contribution in [3.8, 4) is 0 Å². The largest absolute Gasteiger partial charge is 0.469 e. The van der Waals surface area contributed by atoms with Crippen molar-refractivity contribution in [3.05, 3.63) is 23.7 Å². The van der Waals surface area contributed by atoms with Gasteiger partial charge in [-0.25, -0.2) is 0 Å².